The van der Waals surface area contributed by atoms with Crippen LogP contribution in [0.2, 0.25) is 0 Å². The summed E-state index contributed by atoms with van der Waals surface area (Å²) in [6.07, 6.45) is 5.70. The molecule has 0 bridgehead atoms. The van der Waals surface area contributed by atoms with E-state index in [2.05, 4.69) is 15.0 Å². The lowest BCUT2D eigenvalue weighted by molar-refractivity contribution is 0.00920. The normalized spacial score (nSPS) is 26.7. The Kier molecular flexibility index (Phi) is 5.22. The average Bonchev–Trinajstić information content (AvgIpc) is 3.23. The van der Waals surface area contributed by atoms with E-state index in [1.54, 1.807) is 0 Å². The number of ether oxygens (including phenoxy) is 2. The Balaban J connectivity index is 1.43. The van der Waals surface area contributed by atoms with Crippen LogP contribution in [0.4, 0.5) is 0 Å². The molecule has 2 atom stereocenters. The highest BCUT2D eigenvalue weighted by atomic mass is 16.5. The maximum absolute atomic E-state index is 5.76. The molecule has 21 heavy (non-hydrogen) atoms. The van der Waals surface area contributed by atoms with Crippen molar-refractivity contribution in [3.8, 4) is 0 Å². The highest BCUT2D eigenvalue weighted by molar-refractivity contribution is 4.98. The van der Waals surface area contributed by atoms with Gasteiger partial charge in [-0.3, -0.25) is 4.90 Å². The molecule has 2 fully saturated rings. The van der Waals surface area contributed by atoms with Gasteiger partial charge < -0.3 is 14.0 Å². The third-order valence-electron chi connectivity index (χ3n) is 4.30. The number of hydrogen-bond acceptors (Lipinski definition) is 6. The molecular weight excluding hydrogens is 270 g/mol. The van der Waals surface area contributed by atoms with Crippen LogP contribution >= 0.6 is 0 Å². The topological polar surface area (TPSA) is 60.6 Å². The highest BCUT2D eigenvalue weighted by Crippen LogP contribution is 2.29. The zero-order chi connectivity index (χ0) is 14.5. The van der Waals surface area contributed by atoms with Gasteiger partial charge in [-0.15, -0.1) is 0 Å². The summed E-state index contributed by atoms with van der Waals surface area (Å²) < 4.78 is 16.6. The molecule has 2 aliphatic rings. The zero-order valence-corrected chi connectivity index (χ0v) is 12.8. The second kappa shape index (κ2) is 7.33. The minimum atomic E-state index is 0.292. The molecule has 1 aromatic rings. The second-order valence-electron chi connectivity index (χ2n) is 5.80. The molecule has 0 saturated carbocycles. The van der Waals surface area contributed by atoms with Gasteiger partial charge in [0.1, 0.15) is 0 Å². The predicted octanol–water partition coefficient (Wildman–Crippen LogP) is 1.96. The molecule has 6 nitrogen and oxygen atoms in total. The smallest absolute Gasteiger partial charge is 0.226 e. The van der Waals surface area contributed by atoms with Crippen molar-refractivity contribution in [2.75, 3.05) is 32.9 Å². The third-order valence-corrected chi connectivity index (χ3v) is 4.30. The largest absolute Gasteiger partial charge is 0.377 e. The standard InChI is InChI=1S/C15H25N3O3/c1-2-14-16-15(17-21-14)13-6-3-7-18(13)8-10-19-11-12-5-4-9-20-12/h12-13H,2-11H2,1H3/t12-,13+/m1/s1. The van der Waals surface area contributed by atoms with Crippen LogP contribution in [0.5, 0.6) is 0 Å². The van der Waals surface area contributed by atoms with E-state index >= 15 is 0 Å². The van der Waals surface area contributed by atoms with Gasteiger partial charge in [0.25, 0.3) is 0 Å². The Morgan fingerprint density at radius 1 is 1.33 bits per heavy atom. The van der Waals surface area contributed by atoms with Gasteiger partial charge in [0.15, 0.2) is 5.82 Å². The zero-order valence-electron chi connectivity index (χ0n) is 12.8. The van der Waals surface area contributed by atoms with Crippen LogP contribution in [0.25, 0.3) is 0 Å². The van der Waals surface area contributed by atoms with E-state index in [-0.39, 0.29) is 0 Å². The highest BCUT2D eigenvalue weighted by Gasteiger charge is 2.29. The van der Waals surface area contributed by atoms with Crippen molar-refractivity contribution >= 4 is 0 Å². The van der Waals surface area contributed by atoms with Gasteiger partial charge in [-0.1, -0.05) is 12.1 Å². The average molecular weight is 295 g/mol. The lowest BCUT2D eigenvalue weighted by Crippen LogP contribution is -2.29. The van der Waals surface area contributed by atoms with Crippen LogP contribution in [0.3, 0.4) is 0 Å². The van der Waals surface area contributed by atoms with Crippen LogP contribution in [0, 0.1) is 0 Å². The molecule has 3 rings (SSSR count). The number of aryl methyl sites for hydroxylation is 1. The van der Waals surface area contributed by atoms with Crippen molar-refractivity contribution in [1.29, 1.82) is 0 Å². The van der Waals surface area contributed by atoms with Crippen LogP contribution < -0.4 is 0 Å². The third kappa shape index (κ3) is 3.81. The quantitative estimate of drug-likeness (QED) is 0.717. The molecule has 0 radical (unpaired) electrons. The Morgan fingerprint density at radius 2 is 2.29 bits per heavy atom. The first-order chi connectivity index (χ1) is 10.4. The molecule has 0 spiro atoms. The van der Waals surface area contributed by atoms with Crippen molar-refractivity contribution in [3.63, 3.8) is 0 Å². The van der Waals surface area contributed by atoms with E-state index in [9.17, 15) is 0 Å². The monoisotopic (exact) mass is 295 g/mol. The molecule has 0 aromatic carbocycles. The summed E-state index contributed by atoms with van der Waals surface area (Å²) >= 11 is 0. The minimum absolute atomic E-state index is 0.292. The molecule has 0 unspecified atom stereocenters. The first-order valence-electron chi connectivity index (χ1n) is 8.12. The summed E-state index contributed by atoms with van der Waals surface area (Å²) in [6.45, 7) is 6.40. The van der Waals surface area contributed by atoms with Crippen molar-refractivity contribution < 1.29 is 14.0 Å². The summed E-state index contributed by atoms with van der Waals surface area (Å²) in [4.78, 5) is 6.87. The summed E-state index contributed by atoms with van der Waals surface area (Å²) in [5, 5.41) is 4.12. The van der Waals surface area contributed by atoms with E-state index in [1.807, 2.05) is 6.92 Å². The molecule has 2 aliphatic heterocycles. The minimum Gasteiger partial charge on any atom is -0.377 e. The van der Waals surface area contributed by atoms with Gasteiger partial charge in [-0.25, -0.2) is 0 Å². The molecule has 1 aromatic heterocycles. The van der Waals surface area contributed by atoms with Crippen molar-refractivity contribution in [1.82, 2.24) is 15.0 Å². The summed E-state index contributed by atoms with van der Waals surface area (Å²) in [5.74, 6) is 1.56. The fraction of sp³-hybridized carbons (Fsp3) is 0.867. The molecular formula is C15H25N3O3. The van der Waals surface area contributed by atoms with E-state index in [0.29, 0.717) is 12.1 Å². The number of hydrogen-bond donors (Lipinski definition) is 0. The number of nitrogens with zero attached hydrogens (tertiary/aromatic N) is 3. The SMILES string of the molecule is CCc1nc([C@@H]2CCCN2CCOC[C@H]2CCCO2)no1. The first-order valence-corrected chi connectivity index (χ1v) is 8.12. The molecule has 3 heterocycles. The maximum Gasteiger partial charge on any atom is 0.226 e. The Morgan fingerprint density at radius 3 is 3.05 bits per heavy atom. The number of likely N-dealkylation sites (tertiary alicyclic amines) is 1. The summed E-state index contributed by atoms with van der Waals surface area (Å²) in [5.41, 5.74) is 0. The van der Waals surface area contributed by atoms with Crippen molar-refractivity contribution in [2.45, 2.75) is 51.2 Å². The number of rotatable bonds is 7. The number of aromatic nitrogens is 2. The van der Waals surface area contributed by atoms with Crippen LogP contribution in [-0.4, -0.2) is 54.1 Å². The van der Waals surface area contributed by atoms with E-state index < -0.39 is 0 Å². The molecule has 0 amide bonds. The van der Waals surface area contributed by atoms with Crippen molar-refractivity contribution in [2.24, 2.45) is 0 Å². The lowest BCUT2D eigenvalue weighted by Gasteiger charge is -2.22. The van der Waals surface area contributed by atoms with E-state index in [4.69, 9.17) is 14.0 Å². The summed E-state index contributed by atoms with van der Waals surface area (Å²) in [6, 6.07) is 0.292. The van der Waals surface area contributed by atoms with E-state index in [0.717, 1.165) is 63.9 Å². The Hall–Kier alpha value is -0.980. The first kappa shape index (κ1) is 14.9. The Labute approximate surface area is 125 Å². The molecule has 118 valence electrons. The van der Waals surface area contributed by atoms with Gasteiger partial charge in [0.2, 0.25) is 5.89 Å². The maximum atomic E-state index is 5.76. The van der Waals surface area contributed by atoms with Crippen LogP contribution in [0.15, 0.2) is 4.52 Å². The van der Waals surface area contributed by atoms with Gasteiger partial charge >= 0.3 is 0 Å². The van der Waals surface area contributed by atoms with E-state index in [1.165, 1.54) is 12.8 Å². The van der Waals surface area contributed by atoms with Gasteiger partial charge in [-0.2, -0.15) is 4.98 Å². The molecule has 2 saturated heterocycles. The second-order valence-corrected chi connectivity index (χ2v) is 5.80. The fourth-order valence-electron chi connectivity index (χ4n) is 3.11. The van der Waals surface area contributed by atoms with Crippen LogP contribution in [-0.2, 0) is 15.9 Å². The lowest BCUT2D eigenvalue weighted by atomic mass is 10.2. The molecule has 0 N–H and O–H groups in total. The summed E-state index contributed by atoms with van der Waals surface area (Å²) in [7, 11) is 0. The fourth-order valence-corrected chi connectivity index (χ4v) is 3.11. The van der Waals surface area contributed by atoms with Gasteiger partial charge in [-0.05, 0) is 32.2 Å². The predicted molar refractivity (Wildman–Crippen MR) is 77.0 cm³/mol. The van der Waals surface area contributed by atoms with Crippen molar-refractivity contribution in [3.05, 3.63) is 11.7 Å². The van der Waals surface area contributed by atoms with Crippen LogP contribution in [0.1, 0.15) is 50.4 Å². The van der Waals surface area contributed by atoms with Gasteiger partial charge in [0, 0.05) is 19.6 Å². The molecule has 6 heteroatoms. The van der Waals surface area contributed by atoms with Gasteiger partial charge in [0.05, 0.1) is 25.4 Å². The molecule has 0 aliphatic carbocycles. The Bertz CT molecular complexity index is 432.